The predicted octanol–water partition coefficient (Wildman–Crippen LogP) is 2.06. The number of aryl methyl sites for hydroxylation is 1. The van der Waals surface area contributed by atoms with Crippen molar-refractivity contribution in [2.24, 2.45) is 5.73 Å². The zero-order valence-corrected chi connectivity index (χ0v) is 14.5. The fourth-order valence-corrected chi connectivity index (χ4v) is 1.44. The molecule has 0 saturated heterocycles. The van der Waals surface area contributed by atoms with Crippen LogP contribution in [-0.2, 0) is 4.79 Å². The number of likely N-dealkylation sites (N-methyl/N-ethyl adjacent to an activating group) is 1. The minimum absolute atomic E-state index is 0. The van der Waals surface area contributed by atoms with Crippen molar-refractivity contribution in [3.05, 3.63) is 23.8 Å². The van der Waals surface area contributed by atoms with Crippen LogP contribution >= 0.6 is 24.8 Å². The lowest BCUT2D eigenvalue weighted by Crippen LogP contribution is -2.32. The van der Waals surface area contributed by atoms with Crippen LogP contribution in [0.2, 0.25) is 0 Å². The maximum atomic E-state index is 11.6. The third-order valence-corrected chi connectivity index (χ3v) is 2.60. The van der Waals surface area contributed by atoms with Crippen molar-refractivity contribution in [2.75, 3.05) is 32.6 Å². The molecule has 3 N–H and O–H groups in total. The first kappa shape index (κ1) is 22.3. The van der Waals surface area contributed by atoms with E-state index < -0.39 is 6.04 Å². The molecule has 0 aliphatic carbocycles. The molecule has 0 spiro atoms. The zero-order chi connectivity index (χ0) is 14.4. The van der Waals surface area contributed by atoms with E-state index >= 15 is 0 Å². The highest BCUT2D eigenvalue weighted by Gasteiger charge is 2.11. The van der Waals surface area contributed by atoms with Crippen molar-refractivity contribution in [3.8, 4) is 5.75 Å². The summed E-state index contributed by atoms with van der Waals surface area (Å²) in [4.78, 5) is 13.7. The summed E-state index contributed by atoms with van der Waals surface area (Å²) in [6.07, 6.45) is 0. The van der Waals surface area contributed by atoms with Crippen molar-refractivity contribution in [2.45, 2.75) is 19.9 Å². The lowest BCUT2D eigenvalue weighted by atomic mass is 10.2. The number of carbonyl (C=O) groups excluding carboxylic acids is 1. The van der Waals surface area contributed by atoms with E-state index in [1.165, 1.54) is 0 Å². The molecular weight excluding hydrogens is 313 g/mol. The maximum absolute atomic E-state index is 11.6. The molecule has 0 heterocycles. The van der Waals surface area contributed by atoms with Crippen LogP contribution in [0.25, 0.3) is 0 Å². The van der Waals surface area contributed by atoms with Gasteiger partial charge in [0.15, 0.2) is 0 Å². The highest BCUT2D eigenvalue weighted by Crippen LogP contribution is 2.25. The van der Waals surface area contributed by atoms with Crippen LogP contribution in [0.1, 0.15) is 12.5 Å². The molecule has 0 aliphatic heterocycles. The van der Waals surface area contributed by atoms with Crippen molar-refractivity contribution in [1.29, 1.82) is 0 Å². The Bertz CT molecular complexity index is 440. The molecule has 1 rings (SSSR count). The molecule has 0 aromatic heterocycles. The molecule has 0 saturated carbocycles. The number of ether oxygens (including phenoxy) is 1. The molecule has 1 aromatic rings. The number of nitrogens with zero attached hydrogens (tertiary/aromatic N) is 1. The highest BCUT2D eigenvalue weighted by molar-refractivity contribution is 5.95. The lowest BCUT2D eigenvalue weighted by Gasteiger charge is -2.16. The number of hydrogen-bond acceptors (Lipinski definition) is 4. The van der Waals surface area contributed by atoms with Gasteiger partial charge < -0.3 is 20.7 Å². The highest BCUT2D eigenvalue weighted by atomic mass is 35.5. The molecule has 1 atom stereocenters. The number of nitrogens with one attached hydrogen (secondary N) is 1. The summed E-state index contributed by atoms with van der Waals surface area (Å²) >= 11 is 0. The fraction of sp³-hybridized carbons (Fsp3) is 0.500. The second kappa shape index (κ2) is 10.7. The fourth-order valence-electron chi connectivity index (χ4n) is 1.44. The molecule has 1 unspecified atom stereocenters. The van der Waals surface area contributed by atoms with Crippen molar-refractivity contribution in [1.82, 2.24) is 4.90 Å². The SMILES string of the molecule is Cc1ccc(NC(=O)C(C)N)c(OCCN(C)C)c1.Cl.Cl. The van der Waals surface area contributed by atoms with Gasteiger partial charge in [0.25, 0.3) is 0 Å². The molecule has 1 amide bonds. The van der Waals surface area contributed by atoms with E-state index in [0.29, 0.717) is 18.0 Å². The van der Waals surface area contributed by atoms with E-state index in [2.05, 4.69) is 5.32 Å². The number of carbonyl (C=O) groups is 1. The summed E-state index contributed by atoms with van der Waals surface area (Å²) in [7, 11) is 3.97. The molecule has 21 heavy (non-hydrogen) atoms. The van der Waals surface area contributed by atoms with E-state index in [-0.39, 0.29) is 30.7 Å². The number of benzene rings is 1. The van der Waals surface area contributed by atoms with E-state index in [9.17, 15) is 4.79 Å². The maximum Gasteiger partial charge on any atom is 0.241 e. The number of amides is 1. The third kappa shape index (κ3) is 8.12. The van der Waals surface area contributed by atoms with Gasteiger partial charge in [0.2, 0.25) is 5.91 Å². The first-order valence-electron chi connectivity index (χ1n) is 6.34. The summed E-state index contributed by atoms with van der Waals surface area (Å²) in [6.45, 7) is 5.01. The van der Waals surface area contributed by atoms with Crippen LogP contribution in [0.3, 0.4) is 0 Å². The standard InChI is InChI=1S/C14H23N3O2.2ClH/c1-10-5-6-12(16-14(18)11(2)15)13(9-10)19-8-7-17(3)4;;/h5-6,9,11H,7-8,15H2,1-4H3,(H,16,18);2*1H. The van der Waals surface area contributed by atoms with E-state index in [1.54, 1.807) is 6.92 Å². The molecule has 7 heteroatoms. The van der Waals surface area contributed by atoms with Crippen molar-refractivity contribution >= 4 is 36.4 Å². The Morgan fingerprint density at radius 2 is 2.00 bits per heavy atom. The Hall–Kier alpha value is -1.01. The number of halogens is 2. The first-order chi connectivity index (χ1) is 8.90. The van der Waals surface area contributed by atoms with Gasteiger partial charge in [-0.15, -0.1) is 24.8 Å². The second-order valence-electron chi connectivity index (χ2n) is 4.93. The lowest BCUT2D eigenvalue weighted by molar-refractivity contribution is -0.117. The monoisotopic (exact) mass is 337 g/mol. The minimum Gasteiger partial charge on any atom is -0.490 e. The van der Waals surface area contributed by atoms with Crippen LogP contribution in [-0.4, -0.2) is 44.1 Å². The topological polar surface area (TPSA) is 67.6 Å². The molecule has 0 radical (unpaired) electrons. The van der Waals surface area contributed by atoms with Crippen LogP contribution in [0.5, 0.6) is 5.75 Å². The molecule has 1 aromatic carbocycles. The van der Waals surface area contributed by atoms with Crippen molar-refractivity contribution < 1.29 is 9.53 Å². The van der Waals surface area contributed by atoms with Crippen LogP contribution in [0.4, 0.5) is 5.69 Å². The van der Waals surface area contributed by atoms with Gasteiger partial charge in [-0.1, -0.05) is 6.07 Å². The zero-order valence-electron chi connectivity index (χ0n) is 12.9. The number of hydrogen-bond donors (Lipinski definition) is 2. The summed E-state index contributed by atoms with van der Waals surface area (Å²) in [6, 6.07) is 5.12. The van der Waals surface area contributed by atoms with Gasteiger partial charge in [-0.05, 0) is 45.6 Å². The Kier molecular flexibility index (Phi) is 11.3. The third-order valence-electron chi connectivity index (χ3n) is 2.60. The minimum atomic E-state index is -0.545. The average Bonchev–Trinajstić information content (AvgIpc) is 2.31. The molecule has 122 valence electrons. The van der Waals surface area contributed by atoms with Gasteiger partial charge in [-0.2, -0.15) is 0 Å². The van der Waals surface area contributed by atoms with E-state index in [1.807, 2.05) is 44.1 Å². The Morgan fingerprint density at radius 1 is 1.38 bits per heavy atom. The van der Waals surface area contributed by atoms with Gasteiger partial charge in [-0.25, -0.2) is 0 Å². The summed E-state index contributed by atoms with van der Waals surface area (Å²) in [5.41, 5.74) is 7.29. The largest absolute Gasteiger partial charge is 0.490 e. The van der Waals surface area contributed by atoms with E-state index in [4.69, 9.17) is 10.5 Å². The predicted molar refractivity (Wildman–Crippen MR) is 92.0 cm³/mol. The van der Waals surface area contributed by atoms with Crippen molar-refractivity contribution in [3.63, 3.8) is 0 Å². The molecular formula is C14H25Cl2N3O2. The Balaban J connectivity index is 0. The van der Waals surface area contributed by atoms with Gasteiger partial charge in [0.1, 0.15) is 12.4 Å². The number of rotatable bonds is 6. The van der Waals surface area contributed by atoms with Gasteiger partial charge in [0.05, 0.1) is 11.7 Å². The average molecular weight is 338 g/mol. The first-order valence-corrected chi connectivity index (χ1v) is 6.34. The second-order valence-corrected chi connectivity index (χ2v) is 4.93. The van der Waals surface area contributed by atoms with Gasteiger partial charge in [-0.3, -0.25) is 4.79 Å². The molecule has 0 aliphatic rings. The number of anilines is 1. The van der Waals surface area contributed by atoms with Gasteiger partial charge >= 0.3 is 0 Å². The van der Waals surface area contributed by atoms with E-state index in [0.717, 1.165) is 12.1 Å². The Labute approximate surface area is 139 Å². The number of nitrogens with two attached hydrogens (primary N) is 1. The smallest absolute Gasteiger partial charge is 0.241 e. The quantitative estimate of drug-likeness (QED) is 0.833. The van der Waals surface area contributed by atoms with Gasteiger partial charge in [0, 0.05) is 6.54 Å². The molecule has 5 nitrogen and oxygen atoms in total. The van der Waals surface area contributed by atoms with Crippen LogP contribution in [0, 0.1) is 6.92 Å². The van der Waals surface area contributed by atoms with Crippen LogP contribution in [0.15, 0.2) is 18.2 Å². The van der Waals surface area contributed by atoms with Crippen LogP contribution < -0.4 is 15.8 Å². The normalized spacial score (nSPS) is 11.1. The summed E-state index contributed by atoms with van der Waals surface area (Å²) in [5.74, 6) is 0.456. The molecule has 0 bridgehead atoms. The summed E-state index contributed by atoms with van der Waals surface area (Å²) < 4.78 is 5.71. The Morgan fingerprint density at radius 3 is 2.52 bits per heavy atom. The molecule has 0 fully saturated rings. The summed E-state index contributed by atoms with van der Waals surface area (Å²) in [5, 5.41) is 2.77.